The Hall–Kier alpha value is -3.32. The van der Waals surface area contributed by atoms with Gasteiger partial charge in [-0.25, -0.2) is 9.37 Å². The lowest BCUT2D eigenvalue weighted by Crippen LogP contribution is -2.27. The van der Waals surface area contributed by atoms with Gasteiger partial charge in [0.25, 0.3) is 5.91 Å². The van der Waals surface area contributed by atoms with Gasteiger partial charge in [0.1, 0.15) is 17.1 Å². The summed E-state index contributed by atoms with van der Waals surface area (Å²) in [7, 11) is 1.55. The van der Waals surface area contributed by atoms with Gasteiger partial charge in [-0.15, -0.1) is 0 Å². The summed E-state index contributed by atoms with van der Waals surface area (Å²) in [6.07, 6.45) is 1.41. The van der Waals surface area contributed by atoms with Crippen LogP contribution >= 0.6 is 0 Å². The van der Waals surface area contributed by atoms with Crippen LogP contribution < -0.4 is 10.1 Å². The van der Waals surface area contributed by atoms with Crippen LogP contribution in [0.25, 0.3) is 11.4 Å². The van der Waals surface area contributed by atoms with Crippen molar-refractivity contribution in [3.63, 3.8) is 0 Å². The van der Waals surface area contributed by atoms with E-state index in [4.69, 9.17) is 9.47 Å². The molecule has 138 valence electrons. The van der Waals surface area contributed by atoms with Crippen LogP contribution in [0.2, 0.25) is 0 Å². The number of benzene rings is 2. The molecule has 0 radical (unpaired) electrons. The van der Waals surface area contributed by atoms with Gasteiger partial charge < -0.3 is 14.8 Å². The number of methoxy groups -OCH3 is 1. The molecule has 27 heavy (non-hydrogen) atoms. The van der Waals surface area contributed by atoms with E-state index in [1.165, 1.54) is 30.5 Å². The summed E-state index contributed by atoms with van der Waals surface area (Å²) in [6, 6.07) is 14.8. The first-order valence-corrected chi connectivity index (χ1v) is 8.30. The minimum absolute atomic E-state index is 0.0883. The molecule has 1 amide bonds. The number of nitrogens with one attached hydrogen (secondary N) is 1. The van der Waals surface area contributed by atoms with E-state index < -0.39 is 0 Å². The van der Waals surface area contributed by atoms with Crippen molar-refractivity contribution in [2.75, 3.05) is 20.3 Å². The van der Waals surface area contributed by atoms with Gasteiger partial charge in [0, 0.05) is 25.4 Å². The van der Waals surface area contributed by atoms with Crippen LogP contribution in [0.15, 0.2) is 60.8 Å². The topological polar surface area (TPSA) is 73.3 Å². The van der Waals surface area contributed by atoms with Gasteiger partial charge in [-0.05, 0) is 24.3 Å². The van der Waals surface area contributed by atoms with Crippen molar-refractivity contribution >= 4 is 5.91 Å². The molecule has 0 aliphatic carbocycles. The molecular formula is C20H18FN3O3. The molecule has 0 saturated heterocycles. The Balaban J connectivity index is 1.93. The van der Waals surface area contributed by atoms with Gasteiger partial charge in [0.15, 0.2) is 5.82 Å². The normalized spacial score (nSPS) is 10.4. The van der Waals surface area contributed by atoms with Gasteiger partial charge in [0.2, 0.25) is 5.88 Å². The molecule has 0 aliphatic heterocycles. The number of rotatable bonds is 7. The Morgan fingerprint density at radius 2 is 1.85 bits per heavy atom. The number of nitrogens with zero attached hydrogens (tertiary/aromatic N) is 2. The van der Waals surface area contributed by atoms with Crippen molar-refractivity contribution in [3.05, 3.63) is 72.2 Å². The third kappa shape index (κ3) is 4.86. The molecule has 0 atom stereocenters. The second kappa shape index (κ2) is 8.86. The zero-order valence-corrected chi connectivity index (χ0v) is 14.7. The van der Waals surface area contributed by atoms with Crippen LogP contribution in [0.3, 0.4) is 0 Å². The van der Waals surface area contributed by atoms with Gasteiger partial charge in [0.05, 0.1) is 6.61 Å². The molecule has 1 aromatic heterocycles. The zero-order valence-electron chi connectivity index (χ0n) is 14.7. The average Bonchev–Trinajstić information content (AvgIpc) is 2.70. The van der Waals surface area contributed by atoms with Gasteiger partial charge >= 0.3 is 0 Å². The van der Waals surface area contributed by atoms with E-state index in [1.807, 2.05) is 30.3 Å². The lowest BCUT2D eigenvalue weighted by molar-refractivity contribution is 0.0933. The highest BCUT2D eigenvalue weighted by molar-refractivity contribution is 5.96. The molecule has 0 fully saturated rings. The maximum Gasteiger partial charge on any atom is 0.258 e. The average molecular weight is 367 g/mol. The monoisotopic (exact) mass is 367 g/mol. The summed E-state index contributed by atoms with van der Waals surface area (Å²) >= 11 is 0. The van der Waals surface area contributed by atoms with E-state index in [1.54, 1.807) is 7.11 Å². The highest BCUT2D eigenvalue weighted by Crippen LogP contribution is 2.26. The van der Waals surface area contributed by atoms with E-state index in [-0.39, 0.29) is 23.2 Å². The third-order valence-electron chi connectivity index (χ3n) is 3.65. The molecule has 1 heterocycles. The molecule has 6 nitrogen and oxygen atoms in total. The Bertz CT molecular complexity index is 902. The highest BCUT2D eigenvalue weighted by Gasteiger charge is 2.17. The van der Waals surface area contributed by atoms with Crippen LogP contribution in [0.1, 0.15) is 10.4 Å². The van der Waals surface area contributed by atoms with Crippen LogP contribution in [0, 0.1) is 5.82 Å². The minimum Gasteiger partial charge on any atom is -0.438 e. The summed E-state index contributed by atoms with van der Waals surface area (Å²) < 4.78 is 23.8. The van der Waals surface area contributed by atoms with Gasteiger partial charge in [-0.1, -0.05) is 30.3 Å². The van der Waals surface area contributed by atoms with Crippen molar-refractivity contribution in [1.82, 2.24) is 15.3 Å². The second-order valence-electron chi connectivity index (χ2n) is 5.58. The van der Waals surface area contributed by atoms with E-state index in [0.29, 0.717) is 24.7 Å². The summed E-state index contributed by atoms with van der Waals surface area (Å²) in [6.45, 7) is 0.717. The second-order valence-corrected chi connectivity index (χ2v) is 5.58. The molecule has 0 bridgehead atoms. The summed E-state index contributed by atoms with van der Waals surface area (Å²) in [5.74, 6) is 0.0999. The van der Waals surface area contributed by atoms with Crippen molar-refractivity contribution in [1.29, 1.82) is 0 Å². The number of hydrogen-bond acceptors (Lipinski definition) is 5. The Kier molecular flexibility index (Phi) is 6.06. The van der Waals surface area contributed by atoms with E-state index in [9.17, 15) is 9.18 Å². The molecule has 0 saturated carbocycles. The smallest absolute Gasteiger partial charge is 0.258 e. The van der Waals surface area contributed by atoms with E-state index in [0.717, 1.165) is 5.56 Å². The summed E-state index contributed by atoms with van der Waals surface area (Å²) in [5.41, 5.74) is 0.961. The lowest BCUT2D eigenvalue weighted by Gasteiger charge is -2.12. The predicted octanol–water partition coefficient (Wildman–Crippen LogP) is 3.45. The molecule has 2 aromatic carbocycles. The first-order chi connectivity index (χ1) is 13.2. The quantitative estimate of drug-likeness (QED) is 0.648. The fraction of sp³-hybridized carbons (Fsp3) is 0.150. The number of amides is 1. The molecule has 7 heteroatoms. The Morgan fingerprint density at radius 3 is 2.56 bits per heavy atom. The van der Waals surface area contributed by atoms with E-state index in [2.05, 4.69) is 15.3 Å². The molecule has 1 N–H and O–H groups in total. The molecular weight excluding hydrogens is 349 g/mol. The number of carbonyl (C=O) groups is 1. The zero-order chi connectivity index (χ0) is 19.1. The van der Waals surface area contributed by atoms with Crippen LogP contribution in [-0.2, 0) is 4.74 Å². The molecule has 0 unspecified atom stereocenters. The first kappa shape index (κ1) is 18.5. The van der Waals surface area contributed by atoms with Gasteiger partial charge in [-0.2, -0.15) is 4.98 Å². The SMILES string of the molecule is COCCNC(=O)c1cnc(-c2ccccc2)nc1Oc1ccc(F)cc1. The molecule has 3 rings (SSSR count). The molecule has 0 spiro atoms. The van der Waals surface area contributed by atoms with Crippen molar-refractivity contribution in [2.24, 2.45) is 0 Å². The third-order valence-corrected chi connectivity index (χ3v) is 3.65. The molecule has 3 aromatic rings. The van der Waals surface area contributed by atoms with Crippen molar-refractivity contribution in [3.8, 4) is 23.0 Å². The van der Waals surface area contributed by atoms with E-state index >= 15 is 0 Å². The largest absolute Gasteiger partial charge is 0.438 e. The van der Waals surface area contributed by atoms with Crippen LogP contribution in [0.5, 0.6) is 11.6 Å². The maximum atomic E-state index is 13.1. The Labute approximate surface area is 156 Å². The number of aromatic nitrogens is 2. The molecule has 0 aliphatic rings. The first-order valence-electron chi connectivity index (χ1n) is 8.30. The minimum atomic E-state index is -0.385. The Morgan fingerprint density at radius 1 is 1.11 bits per heavy atom. The number of halogens is 1. The van der Waals surface area contributed by atoms with Crippen LogP contribution in [0.4, 0.5) is 4.39 Å². The predicted molar refractivity (Wildman–Crippen MR) is 98.2 cm³/mol. The fourth-order valence-corrected chi connectivity index (χ4v) is 2.30. The van der Waals surface area contributed by atoms with Crippen molar-refractivity contribution < 1.29 is 18.7 Å². The lowest BCUT2D eigenvalue weighted by atomic mass is 10.2. The summed E-state index contributed by atoms with van der Waals surface area (Å²) in [4.78, 5) is 21.1. The number of carbonyl (C=O) groups excluding carboxylic acids is 1. The van der Waals surface area contributed by atoms with Crippen molar-refractivity contribution in [2.45, 2.75) is 0 Å². The number of hydrogen-bond donors (Lipinski definition) is 1. The fourth-order valence-electron chi connectivity index (χ4n) is 2.30. The maximum absolute atomic E-state index is 13.1. The summed E-state index contributed by atoms with van der Waals surface area (Å²) in [5, 5.41) is 2.71. The van der Waals surface area contributed by atoms with Gasteiger partial charge in [-0.3, -0.25) is 4.79 Å². The van der Waals surface area contributed by atoms with Crippen LogP contribution in [-0.4, -0.2) is 36.1 Å². The standard InChI is InChI=1S/C20H18FN3O3/c1-26-12-11-22-19(25)17-13-23-18(14-5-3-2-4-6-14)24-20(17)27-16-9-7-15(21)8-10-16/h2-10,13H,11-12H2,1H3,(H,22,25). The number of ether oxygens (including phenoxy) is 2. The highest BCUT2D eigenvalue weighted by atomic mass is 19.1.